The largest absolute Gasteiger partial charge is 0.397 e. The zero-order chi connectivity index (χ0) is 23.6. The van der Waals surface area contributed by atoms with Gasteiger partial charge < -0.3 is 39.4 Å². The van der Waals surface area contributed by atoms with Gasteiger partial charge in [-0.3, -0.25) is 0 Å². The van der Waals surface area contributed by atoms with Crippen LogP contribution >= 0.6 is 0 Å². The number of rotatable bonds is 13. The lowest BCUT2D eigenvalue weighted by Gasteiger charge is -2.41. The van der Waals surface area contributed by atoms with Crippen LogP contribution in [0.4, 0.5) is 0 Å². The molecule has 0 aromatic rings. The fourth-order valence-electron chi connectivity index (χ4n) is 1.45. The molecule has 0 aliphatic heterocycles. The van der Waals surface area contributed by atoms with Gasteiger partial charge in [0.15, 0.2) is 0 Å². The fraction of sp³-hybridized carbons (Fsp3) is 1.00. The molecule has 0 amide bonds. The Hall–Kier alpha value is -0.320. The third-order valence-corrected chi connectivity index (χ3v) is 3.13. The second-order valence-electron chi connectivity index (χ2n) is 5.98. The first-order valence-corrected chi connectivity index (χ1v) is 10.8. The molecular formula is C21H50O8. The van der Waals surface area contributed by atoms with Gasteiger partial charge in [0.05, 0.1) is 13.2 Å². The standard InChI is InChI=1S/C13H28O5.2C3H8O.C2H6O/c1-6-9-11-18-13(14,17-10-7-2)12(4,15-5)16-8-3;2*1-2-3-4;1-2-3/h14H,6-11H2,1-5H3;2*4H,2-3H2,1H3;3H,2H2,1H3. The maximum atomic E-state index is 10.5. The number of hydrogen-bond acceptors (Lipinski definition) is 8. The highest BCUT2D eigenvalue weighted by Gasteiger charge is 2.52. The molecule has 0 bridgehead atoms. The van der Waals surface area contributed by atoms with Crippen molar-refractivity contribution in [1.29, 1.82) is 0 Å². The normalized spacial score (nSPS) is 14.1. The monoisotopic (exact) mass is 430 g/mol. The molecule has 0 aliphatic carbocycles. The molecule has 0 aromatic carbocycles. The topological polar surface area (TPSA) is 118 Å². The third kappa shape index (κ3) is 22.2. The number of methoxy groups -OCH3 is 1. The van der Waals surface area contributed by atoms with E-state index in [1.165, 1.54) is 7.11 Å². The van der Waals surface area contributed by atoms with Crippen LogP contribution in [-0.2, 0) is 18.9 Å². The summed E-state index contributed by atoms with van der Waals surface area (Å²) in [6, 6.07) is 0. The molecule has 8 nitrogen and oxygen atoms in total. The molecule has 0 saturated heterocycles. The van der Waals surface area contributed by atoms with Crippen LogP contribution in [0.5, 0.6) is 0 Å². The first-order valence-electron chi connectivity index (χ1n) is 10.8. The summed E-state index contributed by atoms with van der Waals surface area (Å²) in [4.78, 5) is 0. The van der Waals surface area contributed by atoms with Crippen molar-refractivity contribution < 1.29 is 39.4 Å². The lowest BCUT2D eigenvalue weighted by molar-refractivity contribution is -0.478. The van der Waals surface area contributed by atoms with E-state index in [0.717, 1.165) is 32.1 Å². The maximum absolute atomic E-state index is 10.5. The van der Waals surface area contributed by atoms with Gasteiger partial charge in [-0.25, -0.2) is 0 Å². The molecule has 29 heavy (non-hydrogen) atoms. The Morgan fingerprint density at radius 3 is 1.38 bits per heavy atom. The van der Waals surface area contributed by atoms with E-state index in [1.807, 2.05) is 34.6 Å². The first-order chi connectivity index (χ1) is 13.7. The van der Waals surface area contributed by atoms with E-state index in [1.54, 1.807) is 13.8 Å². The summed E-state index contributed by atoms with van der Waals surface area (Å²) in [7, 11) is 1.46. The summed E-state index contributed by atoms with van der Waals surface area (Å²) in [5.74, 6) is -3.23. The van der Waals surface area contributed by atoms with Gasteiger partial charge in [-0.15, -0.1) is 0 Å². The molecule has 0 aromatic heterocycles. The van der Waals surface area contributed by atoms with Crippen molar-refractivity contribution in [3.63, 3.8) is 0 Å². The van der Waals surface area contributed by atoms with Crippen LogP contribution in [0.3, 0.4) is 0 Å². The van der Waals surface area contributed by atoms with Crippen molar-refractivity contribution >= 4 is 0 Å². The second-order valence-corrected chi connectivity index (χ2v) is 5.98. The van der Waals surface area contributed by atoms with E-state index < -0.39 is 11.8 Å². The predicted octanol–water partition coefficient (Wildman–Crippen LogP) is 3.05. The Kier molecular flexibility index (Phi) is 34.4. The summed E-state index contributed by atoms with van der Waals surface area (Å²) >= 11 is 0. The molecule has 4 N–H and O–H groups in total. The van der Waals surface area contributed by atoms with Crippen LogP contribution in [0.15, 0.2) is 0 Å². The minimum Gasteiger partial charge on any atom is -0.397 e. The number of ether oxygens (including phenoxy) is 4. The molecule has 2 atom stereocenters. The van der Waals surface area contributed by atoms with E-state index in [2.05, 4.69) is 0 Å². The van der Waals surface area contributed by atoms with Crippen LogP contribution in [0, 0.1) is 0 Å². The van der Waals surface area contributed by atoms with Crippen molar-refractivity contribution in [2.24, 2.45) is 0 Å². The average Bonchev–Trinajstić information content (AvgIpc) is 2.73. The zero-order valence-corrected chi connectivity index (χ0v) is 20.2. The number of hydrogen-bond donors (Lipinski definition) is 4. The molecule has 2 unspecified atom stereocenters. The molecule has 0 fully saturated rings. The number of aliphatic hydroxyl groups excluding tert-OH is 3. The number of unbranched alkanes of at least 4 members (excludes halogenated alkanes) is 1. The molecule has 0 heterocycles. The third-order valence-electron chi connectivity index (χ3n) is 3.13. The van der Waals surface area contributed by atoms with Gasteiger partial charge >= 0.3 is 5.97 Å². The molecule has 8 heteroatoms. The summed E-state index contributed by atoms with van der Waals surface area (Å²) in [5, 5.41) is 33.8. The fourth-order valence-corrected chi connectivity index (χ4v) is 1.45. The van der Waals surface area contributed by atoms with Crippen molar-refractivity contribution in [2.45, 2.75) is 92.3 Å². The van der Waals surface area contributed by atoms with Gasteiger partial charge in [0.1, 0.15) is 0 Å². The van der Waals surface area contributed by atoms with Crippen molar-refractivity contribution in [3.8, 4) is 0 Å². The Morgan fingerprint density at radius 2 is 1.10 bits per heavy atom. The van der Waals surface area contributed by atoms with Gasteiger partial charge in [-0.1, -0.05) is 34.1 Å². The minimum atomic E-state index is -1.89. The Bertz CT molecular complexity index is 273. The van der Waals surface area contributed by atoms with Crippen molar-refractivity contribution in [1.82, 2.24) is 0 Å². The molecule has 0 aliphatic rings. The second kappa shape index (κ2) is 27.7. The van der Waals surface area contributed by atoms with E-state index in [9.17, 15) is 5.11 Å². The highest BCUT2D eigenvalue weighted by Crippen LogP contribution is 2.30. The van der Waals surface area contributed by atoms with Crippen LogP contribution in [0.1, 0.15) is 80.6 Å². The van der Waals surface area contributed by atoms with Crippen LogP contribution in [-0.4, -0.2) is 78.9 Å². The predicted molar refractivity (Wildman–Crippen MR) is 117 cm³/mol. The Balaban J connectivity index is -0.000000233. The van der Waals surface area contributed by atoms with Crippen LogP contribution < -0.4 is 0 Å². The van der Waals surface area contributed by atoms with Gasteiger partial charge in [0.2, 0.25) is 5.79 Å². The summed E-state index contributed by atoms with van der Waals surface area (Å²) in [6.07, 6.45) is 4.33. The maximum Gasteiger partial charge on any atom is 0.337 e. The molecule has 0 saturated carbocycles. The van der Waals surface area contributed by atoms with Crippen molar-refractivity contribution in [2.75, 3.05) is 46.8 Å². The quantitative estimate of drug-likeness (QED) is 0.260. The SMILES string of the molecule is CCCCOC(O)(OCCC)C(C)(OC)OCC.CCCO.CCCO.CCO. The van der Waals surface area contributed by atoms with E-state index in [4.69, 9.17) is 34.3 Å². The molecule has 182 valence electrons. The van der Waals surface area contributed by atoms with Gasteiger partial charge in [-0.05, 0) is 46.5 Å². The molecule has 0 spiro atoms. The summed E-state index contributed by atoms with van der Waals surface area (Å²) < 4.78 is 21.6. The van der Waals surface area contributed by atoms with Crippen LogP contribution in [0.2, 0.25) is 0 Å². The summed E-state index contributed by atoms with van der Waals surface area (Å²) in [6.45, 7) is 15.0. The van der Waals surface area contributed by atoms with Crippen molar-refractivity contribution in [3.05, 3.63) is 0 Å². The van der Waals surface area contributed by atoms with Gasteiger partial charge in [0.25, 0.3) is 0 Å². The smallest absolute Gasteiger partial charge is 0.337 e. The zero-order valence-electron chi connectivity index (χ0n) is 20.2. The molecule has 0 radical (unpaired) electrons. The van der Waals surface area contributed by atoms with Gasteiger partial charge in [-0.2, -0.15) is 0 Å². The highest BCUT2D eigenvalue weighted by molar-refractivity contribution is 4.75. The average molecular weight is 431 g/mol. The lowest BCUT2D eigenvalue weighted by Crippen LogP contribution is -2.59. The Labute approximate surface area is 179 Å². The summed E-state index contributed by atoms with van der Waals surface area (Å²) in [5.41, 5.74) is 0. The molecule has 0 rings (SSSR count). The Morgan fingerprint density at radius 1 is 0.690 bits per heavy atom. The lowest BCUT2D eigenvalue weighted by atomic mass is 10.2. The van der Waals surface area contributed by atoms with E-state index >= 15 is 0 Å². The van der Waals surface area contributed by atoms with Crippen LogP contribution in [0.25, 0.3) is 0 Å². The van der Waals surface area contributed by atoms with Gasteiger partial charge in [0, 0.05) is 33.5 Å². The van der Waals surface area contributed by atoms with E-state index in [-0.39, 0.29) is 6.61 Å². The highest BCUT2D eigenvalue weighted by atomic mass is 16.9. The van der Waals surface area contributed by atoms with E-state index in [0.29, 0.717) is 33.0 Å². The molecular weight excluding hydrogens is 380 g/mol. The minimum absolute atomic E-state index is 0.250. The number of aliphatic hydroxyl groups is 4. The first kappa shape index (κ1) is 36.1.